The first-order valence-electron chi connectivity index (χ1n) is 36.7. The highest BCUT2D eigenvalue weighted by molar-refractivity contribution is 5.76. The number of hydrogen-bond donors (Lipinski definition) is 6. The second-order valence-corrected chi connectivity index (χ2v) is 25.7. The van der Waals surface area contributed by atoms with Gasteiger partial charge in [0.2, 0.25) is 5.91 Å². The van der Waals surface area contributed by atoms with E-state index in [1.165, 1.54) is 315 Å². The summed E-state index contributed by atoms with van der Waals surface area (Å²) in [5, 5.41) is 54.7. The lowest BCUT2D eigenvalue weighted by Crippen LogP contribution is -2.60. The van der Waals surface area contributed by atoms with Crippen molar-refractivity contribution in [1.29, 1.82) is 0 Å². The van der Waals surface area contributed by atoms with Gasteiger partial charge in [-0.15, -0.1) is 0 Å². The summed E-state index contributed by atoms with van der Waals surface area (Å²) in [5.74, 6) is -0.180. The number of carbonyl (C=O) groups is 1. The van der Waals surface area contributed by atoms with Crippen molar-refractivity contribution < 1.29 is 39.8 Å². The van der Waals surface area contributed by atoms with E-state index in [2.05, 4.69) is 43.5 Å². The van der Waals surface area contributed by atoms with Crippen LogP contribution < -0.4 is 5.32 Å². The average molecular weight is 1170 g/mol. The number of ether oxygens (including phenoxy) is 2. The molecule has 0 aliphatic carbocycles. The number of aliphatic hydroxyl groups excluding tert-OH is 5. The number of allylic oxidation sites excluding steroid dienone is 5. The third-order valence-corrected chi connectivity index (χ3v) is 17.7. The van der Waals surface area contributed by atoms with Crippen molar-refractivity contribution in [3.63, 3.8) is 0 Å². The van der Waals surface area contributed by atoms with Gasteiger partial charge in [0.25, 0.3) is 0 Å². The van der Waals surface area contributed by atoms with Gasteiger partial charge in [0, 0.05) is 6.42 Å². The minimum absolute atomic E-state index is 0.180. The monoisotopic (exact) mass is 1170 g/mol. The number of unbranched alkanes of at least 4 members (excludes halogenated alkanes) is 51. The molecule has 7 atom stereocenters. The molecule has 6 N–H and O–H groups in total. The molecule has 0 spiro atoms. The lowest BCUT2D eigenvalue weighted by atomic mass is 9.99. The molecule has 9 nitrogen and oxygen atoms in total. The largest absolute Gasteiger partial charge is 0.394 e. The molecule has 1 aliphatic rings. The predicted molar refractivity (Wildman–Crippen MR) is 355 cm³/mol. The Balaban J connectivity index is 2.07. The van der Waals surface area contributed by atoms with E-state index >= 15 is 0 Å². The maximum atomic E-state index is 13.1. The van der Waals surface area contributed by atoms with Crippen molar-refractivity contribution in [1.82, 2.24) is 5.32 Å². The van der Waals surface area contributed by atoms with Crippen molar-refractivity contribution in [2.24, 2.45) is 0 Å². The van der Waals surface area contributed by atoms with Gasteiger partial charge in [0.05, 0.1) is 25.4 Å². The first kappa shape index (κ1) is 79.4. The van der Waals surface area contributed by atoms with Gasteiger partial charge in [-0.25, -0.2) is 0 Å². The summed E-state index contributed by atoms with van der Waals surface area (Å²) in [7, 11) is 0. The zero-order valence-electron chi connectivity index (χ0n) is 55.0. The fourth-order valence-corrected chi connectivity index (χ4v) is 11.9. The zero-order valence-corrected chi connectivity index (χ0v) is 55.0. The maximum Gasteiger partial charge on any atom is 0.220 e. The van der Waals surface area contributed by atoms with Gasteiger partial charge in [0.15, 0.2) is 6.29 Å². The van der Waals surface area contributed by atoms with Crippen molar-refractivity contribution in [3.8, 4) is 0 Å². The van der Waals surface area contributed by atoms with E-state index < -0.39 is 49.5 Å². The minimum atomic E-state index is -1.57. The van der Waals surface area contributed by atoms with Crippen LogP contribution in [0.3, 0.4) is 0 Å². The highest BCUT2D eigenvalue weighted by atomic mass is 16.7. The van der Waals surface area contributed by atoms with E-state index in [0.717, 1.165) is 38.5 Å². The summed E-state index contributed by atoms with van der Waals surface area (Å²) in [6.45, 7) is 3.82. The number of carbonyl (C=O) groups excluding carboxylic acids is 1. The van der Waals surface area contributed by atoms with Crippen molar-refractivity contribution in [2.45, 2.75) is 416 Å². The molecule has 1 heterocycles. The third kappa shape index (κ3) is 52.1. The Hall–Kier alpha value is -1.59. The topological polar surface area (TPSA) is 149 Å². The van der Waals surface area contributed by atoms with E-state index in [4.69, 9.17) is 9.47 Å². The molecule has 7 unspecified atom stereocenters. The van der Waals surface area contributed by atoms with Crippen molar-refractivity contribution in [3.05, 3.63) is 36.5 Å². The summed E-state index contributed by atoms with van der Waals surface area (Å²) in [4.78, 5) is 13.1. The SMILES string of the molecule is CCCCCCCCCCCCCCCCC/C=C/CC/C=C/C(O)C(COC1OC(CO)C(O)C(O)C1O)NC(=O)CCCCCCCCCCCCCCCCCCC/C=C\CCCCCCCCCCCCCCCCCCCC. The molecule has 0 aromatic heterocycles. The van der Waals surface area contributed by atoms with Gasteiger partial charge in [-0.2, -0.15) is 0 Å². The Labute approximate surface area is 514 Å². The second kappa shape index (κ2) is 63.4. The molecule has 0 bridgehead atoms. The summed E-state index contributed by atoms with van der Waals surface area (Å²) < 4.78 is 11.3. The number of nitrogens with one attached hydrogen (secondary N) is 1. The Morgan fingerprint density at radius 1 is 0.398 bits per heavy atom. The molecule has 0 radical (unpaired) electrons. The highest BCUT2D eigenvalue weighted by Crippen LogP contribution is 2.24. The fourth-order valence-electron chi connectivity index (χ4n) is 11.9. The number of rotatable bonds is 65. The van der Waals surface area contributed by atoms with Crippen molar-refractivity contribution in [2.75, 3.05) is 13.2 Å². The predicted octanol–water partition coefficient (Wildman–Crippen LogP) is 20.2. The van der Waals surface area contributed by atoms with E-state index in [1.807, 2.05) is 6.08 Å². The minimum Gasteiger partial charge on any atom is -0.394 e. The Bertz CT molecular complexity index is 1410. The summed E-state index contributed by atoms with van der Waals surface area (Å²) >= 11 is 0. The zero-order chi connectivity index (χ0) is 60.0. The van der Waals surface area contributed by atoms with E-state index in [0.29, 0.717) is 6.42 Å². The molecule has 0 aromatic rings. The molecular formula is C74H141NO8. The van der Waals surface area contributed by atoms with Crippen LogP contribution in [0.2, 0.25) is 0 Å². The van der Waals surface area contributed by atoms with Crippen LogP contribution in [0.4, 0.5) is 0 Å². The Morgan fingerprint density at radius 3 is 1.01 bits per heavy atom. The normalized spacial score (nSPS) is 18.4. The first-order chi connectivity index (χ1) is 40.8. The quantitative estimate of drug-likeness (QED) is 0.0261. The van der Waals surface area contributed by atoms with Crippen molar-refractivity contribution >= 4 is 5.91 Å². The molecule has 9 heteroatoms. The van der Waals surface area contributed by atoms with Gasteiger partial charge >= 0.3 is 0 Å². The van der Waals surface area contributed by atoms with Crippen LogP contribution in [0.5, 0.6) is 0 Å². The summed E-state index contributed by atoms with van der Waals surface area (Å²) in [5.41, 5.74) is 0. The molecule has 0 aromatic carbocycles. The first-order valence-corrected chi connectivity index (χ1v) is 36.7. The molecule has 490 valence electrons. The molecule has 1 fully saturated rings. The molecule has 1 amide bonds. The van der Waals surface area contributed by atoms with Gasteiger partial charge in [0.1, 0.15) is 24.4 Å². The molecule has 1 saturated heterocycles. The summed E-state index contributed by atoms with van der Waals surface area (Å²) in [6, 6.07) is -0.822. The van der Waals surface area contributed by atoms with Crippen LogP contribution >= 0.6 is 0 Å². The molecular weight excluding hydrogens is 1030 g/mol. The standard InChI is InChI=1S/C74H141NO8/c1-3-5-7-9-11-13-15-17-19-21-23-25-26-27-28-29-30-31-32-33-34-35-36-37-38-39-40-41-42-44-46-48-50-52-54-56-58-60-62-64-70(78)75-67(66-82-74-73(81)72(80)71(79)69(65-76)83-74)68(77)63-61-59-57-55-53-51-49-47-45-43-24-22-20-18-16-14-12-10-8-6-4-2/h33-34,53,55,61,63,67-69,71-74,76-77,79-81H,3-32,35-52,54,56-60,62,64-66H2,1-2H3,(H,75,78)/b34-33-,55-53+,63-61+. The maximum absolute atomic E-state index is 13.1. The number of hydrogen-bond acceptors (Lipinski definition) is 8. The van der Waals surface area contributed by atoms with E-state index in [9.17, 15) is 30.3 Å². The molecule has 1 aliphatic heterocycles. The Kier molecular flexibility index (Phi) is 60.7. The lowest BCUT2D eigenvalue weighted by molar-refractivity contribution is -0.302. The van der Waals surface area contributed by atoms with Crippen LogP contribution in [0, 0.1) is 0 Å². The second-order valence-electron chi connectivity index (χ2n) is 25.7. The van der Waals surface area contributed by atoms with Crippen LogP contribution in [-0.2, 0) is 14.3 Å². The summed E-state index contributed by atoms with van der Waals surface area (Å²) in [6.07, 6.45) is 78.5. The molecule has 1 rings (SSSR count). The van der Waals surface area contributed by atoms with Gasteiger partial charge in [-0.3, -0.25) is 4.79 Å². The van der Waals surface area contributed by atoms with E-state index in [-0.39, 0.29) is 12.5 Å². The van der Waals surface area contributed by atoms with Crippen LogP contribution in [0.15, 0.2) is 36.5 Å². The fraction of sp³-hybridized carbons (Fsp3) is 0.905. The molecule has 83 heavy (non-hydrogen) atoms. The number of aliphatic hydroxyl groups is 5. The van der Waals surface area contributed by atoms with Crippen LogP contribution in [-0.4, -0.2) is 87.5 Å². The van der Waals surface area contributed by atoms with E-state index in [1.54, 1.807) is 6.08 Å². The smallest absolute Gasteiger partial charge is 0.220 e. The Morgan fingerprint density at radius 2 is 0.687 bits per heavy atom. The van der Waals surface area contributed by atoms with Gasteiger partial charge in [-0.1, -0.05) is 346 Å². The van der Waals surface area contributed by atoms with Crippen LogP contribution in [0.25, 0.3) is 0 Å². The third-order valence-electron chi connectivity index (χ3n) is 17.7. The highest BCUT2D eigenvalue weighted by Gasteiger charge is 2.44. The van der Waals surface area contributed by atoms with Crippen LogP contribution in [0.1, 0.15) is 373 Å². The van der Waals surface area contributed by atoms with Gasteiger partial charge in [-0.05, 0) is 57.8 Å². The number of amides is 1. The van der Waals surface area contributed by atoms with Gasteiger partial charge < -0.3 is 40.3 Å². The average Bonchev–Trinajstić information content (AvgIpc) is 3.49. The molecule has 0 saturated carbocycles. The lowest BCUT2D eigenvalue weighted by Gasteiger charge is -2.40.